The van der Waals surface area contributed by atoms with Crippen LogP contribution in [0.2, 0.25) is 0 Å². The molecule has 0 saturated heterocycles. The third-order valence-electron chi connectivity index (χ3n) is 2.11. The fraction of sp³-hybridized carbons (Fsp3) is 0.0833. The highest BCUT2D eigenvalue weighted by Crippen LogP contribution is 2.22. The van der Waals surface area contributed by atoms with Crippen LogP contribution in [0, 0.1) is 12.7 Å². The maximum absolute atomic E-state index is 13.5. The van der Waals surface area contributed by atoms with Crippen molar-refractivity contribution in [2.45, 2.75) is 6.92 Å². The molecular weight excluding hydrogens is 271 g/mol. The molecule has 82 valence electrons. The lowest BCUT2D eigenvalue weighted by atomic mass is 10.2. The molecule has 1 aromatic carbocycles. The van der Waals surface area contributed by atoms with Crippen LogP contribution in [-0.4, -0.2) is 4.98 Å². The summed E-state index contributed by atoms with van der Waals surface area (Å²) in [5, 5.41) is 2.93. The molecule has 0 aliphatic carbocycles. The summed E-state index contributed by atoms with van der Waals surface area (Å²) < 4.78 is 14.2. The second-order valence-corrected chi connectivity index (χ2v) is 4.38. The first-order valence-electron chi connectivity index (χ1n) is 4.80. The number of rotatable bonds is 2. The summed E-state index contributed by atoms with van der Waals surface area (Å²) in [6, 6.07) is 8.62. The Bertz CT molecular complexity index is 514. The summed E-state index contributed by atoms with van der Waals surface area (Å²) in [6.45, 7) is 1.96. The van der Waals surface area contributed by atoms with Crippen molar-refractivity contribution in [1.29, 1.82) is 0 Å². The van der Waals surface area contributed by atoms with E-state index in [0.717, 1.165) is 5.56 Å². The molecule has 0 aliphatic heterocycles. The Morgan fingerprint density at radius 3 is 2.75 bits per heavy atom. The molecule has 0 atom stereocenters. The first kappa shape index (κ1) is 11.1. The smallest absolute Gasteiger partial charge is 0.147 e. The van der Waals surface area contributed by atoms with Crippen molar-refractivity contribution in [3.8, 4) is 0 Å². The van der Waals surface area contributed by atoms with Gasteiger partial charge in [-0.05, 0) is 42.8 Å². The molecule has 0 fully saturated rings. The van der Waals surface area contributed by atoms with Gasteiger partial charge in [-0.1, -0.05) is 15.9 Å². The van der Waals surface area contributed by atoms with Crippen LogP contribution in [0.25, 0.3) is 0 Å². The molecule has 0 unspecified atom stereocenters. The Balaban J connectivity index is 2.27. The molecule has 0 radical (unpaired) electrons. The van der Waals surface area contributed by atoms with Crippen LogP contribution < -0.4 is 5.32 Å². The van der Waals surface area contributed by atoms with E-state index >= 15 is 0 Å². The highest BCUT2D eigenvalue weighted by atomic mass is 79.9. The monoisotopic (exact) mass is 280 g/mol. The molecule has 1 N–H and O–H groups in total. The molecule has 4 heteroatoms. The number of anilines is 2. The fourth-order valence-corrected chi connectivity index (χ4v) is 1.67. The molecule has 0 aliphatic rings. The maximum Gasteiger partial charge on any atom is 0.147 e. The van der Waals surface area contributed by atoms with Crippen LogP contribution in [0.15, 0.2) is 41.0 Å². The Hall–Kier alpha value is -1.42. The average molecular weight is 281 g/mol. The van der Waals surface area contributed by atoms with Gasteiger partial charge in [-0.3, -0.25) is 0 Å². The molecule has 2 rings (SSSR count). The number of halogens is 2. The Morgan fingerprint density at radius 2 is 2.06 bits per heavy atom. The van der Waals surface area contributed by atoms with E-state index in [2.05, 4.69) is 26.2 Å². The van der Waals surface area contributed by atoms with Crippen molar-refractivity contribution >= 4 is 27.4 Å². The van der Waals surface area contributed by atoms with E-state index in [1.807, 2.05) is 19.1 Å². The first-order valence-corrected chi connectivity index (χ1v) is 5.59. The van der Waals surface area contributed by atoms with Gasteiger partial charge >= 0.3 is 0 Å². The lowest BCUT2D eigenvalue weighted by Crippen LogP contribution is -1.96. The summed E-state index contributed by atoms with van der Waals surface area (Å²) in [6.07, 6.45) is 1.69. The zero-order valence-corrected chi connectivity index (χ0v) is 10.3. The third-order valence-corrected chi connectivity index (χ3v) is 2.60. The molecule has 2 aromatic rings. The second-order valence-electron chi connectivity index (χ2n) is 3.47. The topological polar surface area (TPSA) is 24.9 Å². The van der Waals surface area contributed by atoms with Gasteiger partial charge < -0.3 is 5.32 Å². The van der Waals surface area contributed by atoms with Gasteiger partial charge in [0.15, 0.2) is 0 Å². The van der Waals surface area contributed by atoms with Crippen LogP contribution in [0.3, 0.4) is 0 Å². The predicted molar refractivity (Wildman–Crippen MR) is 66.4 cm³/mol. The number of nitrogens with zero attached hydrogens (tertiary/aromatic N) is 1. The van der Waals surface area contributed by atoms with Crippen LogP contribution in [0.1, 0.15) is 5.56 Å². The van der Waals surface area contributed by atoms with E-state index < -0.39 is 0 Å². The minimum Gasteiger partial charge on any atom is -0.338 e. The highest BCUT2D eigenvalue weighted by molar-refractivity contribution is 9.10. The Morgan fingerprint density at radius 1 is 1.25 bits per heavy atom. The average Bonchev–Trinajstić information content (AvgIpc) is 2.22. The summed E-state index contributed by atoms with van der Waals surface area (Å²) in [4.78, 5) is 4.11. The van der Waals surface area contributed by atoms with Gasteiger partial charge in [-0.15, -0.1) is 0 Å². The Kier molecular flexibility index (Phi) is 3.19. The van der Waals surface area contributed by atoms with Crippen molar-refractivity contribution < 1.29 is 4.39 Å². The SMILES string of the molecule is Cc1ccnc(Nc2ccc(Br)cc2F)c1. The molecule has 16 heavy (non-hydrogen) atoms. The van der Waals surface area contributed by atoms with Gasteiger partial charge in [0.1, 0.15) is 11.6 Å². The van der Waals surface area contributed by atoms with E-state index in [4.69, 9.17) is 0 Å². The lowest BCUT2D eigenvalue weighted by molar-refractivity contribution is 0.631. The summed E-state index contributed by atoms with van der Waals surface area (Å²) in [7, 11) is 0. The molecule has 1 heterocycles. The van der Waals surface area contributed by atoms with Crippen molar-refractivity contribution in [3.05, 3.63) is 52.4 Å². The van der Waals surface area contributed by atoms with E-state index in [-0.39, 0.29) is 5.82 Å². The number of hydrogen-bond donors (Lipinski definition) is 1. The van der Waals surface area contributed by atoms with Crippen LogP contribution in [0.5, 0.6) is 0 Å². The largest absolute Gasteiger partial charge is 0.338 e. The lowest BCUT2D eigenvalue weighted by Gasteiger charge is -2.07. The third kappa shape index (κ3) is 2.58. The van der Waals surface area contributed by atoms with Gasteiger partial charge in [-0.2, -0.15) is 0 Å². The number of hydrogen-bond acceptors (Lipinski definition) is 2. The van der Waals surface area contributed by atoms with Gasteiger partial charge in [0, 0.05) is 10.7 Å². The van der Waals surface area contributed by atoms with Crippen LogP contribution in [0.4, 0.5) is 15.9 Å². The normalized spacial score (nSPS) is 10.2. The standard InChI is InChI=1S/C12H10BrFN2/c1-8-4-5-15-12(6-8)16-11-3-2-9(13)7-10(11)14/h2-7H,1H3,(H,15,16). The Labute approximate surface area is 102 Å². The predicted octanol–water partition coefficient (Wildman–Crippen LogP) is 4.04. The summed E-state index contributed by atoms with van der Waals surface area (Å²) in [5.41, 5.74) is 1.50. The number of aromatic nitrogens is 1. The first-order chi connectivity index (χ1) is 7.65. The molecule has 0 saturated carbocycles. The van der Waals surface area contributed by atoms with E-state index in [1.165, 1.54) is 6.07 Å². The van der Waals surface area contributed by atoms with Gasteiger partial charge in [0.25, 0.3) is 0 Å². The van der Waals surface area contributed by atoms with Crippen LogP contribution in [-0.2, 0) is 0 Å². The molecule has 0 amide bonds. The van der Waals surface area contributed by atoms with Crippen LogP contribution >= 0.6 is 15.9 Å². The molecule has 1 aromatic heterocycles. The number of pyridine rings is 1. The van der Waals surface area contributed by atoms with E-state index in [9.17, 15) is 4.39 Å². The zero-order valence-electron chi connectivity index (χ0n) is 8.67. The minimum atomic E-state index is -0.308. The summed E-state index contributed by atoms with van der Waals surface area (Å²) in [5.74, 6) is 0.332. The second kappa shape index (κ2) is 4.61. The fourth-order valence-electron chi connectivity index (χ4n) is 1.33. The molecule has 0 bridgehead atoms. The summed E-state index contributed by atoms with van der Waals surface area (Å²) >= 11 is 3.21. The van der Waals surface area contributed by atoms with Gasteiger partial charge in [-0.25, -0.2) is 9.37 Å². The van der Waals surface area contributed by atoms with E-state index in [1.54, 1.807) is 18.3 Å². The number of aryl methyl sites for hydroxylation is 1. The molecular formula is C12H10BrFN2. The van der Waals surface area contributed by atoms with Gasteiger partial charge in [0.2, 0.25) is 0 Å². The van der Waals surface area contributed by atoms with Crippen molar-refractivity contribution in [2.24, 2.45) is 0 Å². The highest BCUT2D eigenvalue weighted by Gasteiger charge is 2.03. The number of benzene rings is 1. The minimum absolute atomic E-state index is 0.308. The van der Waals surface area contributed by atoms with E-state index in [0.29, 0.717) is 16.0 Å². The quantitative estimate of drug-likeness (QED) is 0.898. The molecule has 0 spiro atoms. The number of nitrogens with one attached hydrogen (secondary N) is 1. The molecule has 2 nitrogen and oxygen atoms in total. The maximum atomic E-state index is 13.5. The van der Waals surface area contributed by atoms with Gasteiger partial charge in [0.05, 0.1) is 5.69 Å². The van der Waals surface area contributed by atoms with Crippen molar-refractivity contribution in [3.63, 3.8) is 0 Å². The zero-order chi connectivity index (χ0) is 11.5. The van der Waals surface area contributed by atoms with Crippen molar-refractivity contribution in [2.75, 3.05) is 5.32 Å². The van der Waals surface area contributed by atoms with Crippen molar-refractivity contribution in [1.82, 2.24) is 4.98 Å².